The quantitative estimate of drug-likeness (QED) is 0.871. The van der Waals surface area contributed by atoms with Crippen molar-refractivity contribution >= 4 is 15.7 Å². The Balaban J connectivity index is 2.25. The maximum Gasteiger partial charge on any atom is 0.261 e. The van der Waals surface area contributed by atoms with E-state index in [4.69, 9.17) is 5.73 Å². The maximum atomic E-state index is 12.0. The molecule has 0 saturated heterocycles. The average molecular weight is 263 g/mol. The first-order valence-corrected chi connectivity index (χ1v) is 6.82. The number of hydrogen-bond donors (Lipinski definition) is 2. The van der Waals surface area contributed by atoms with Crippen LogP contribution < -0.4 is 10.5 Å². The van der Waals surface area contributed by atoms with Crippen LogP contribution in [-0.4, -0.2) is 13.4 Å². The van der Waals surface area contributed by atoms with Crippen LogP contribution in [-0.2, 0) is 16.6 Å². The van der Waals surface area contributed by atoms with Crippen molar-refractivity contribution in [2.75, 3.05) is 4.72 Å². The molecule has 0 spiro atoms. The van der Waals surface area contributed by atoms with Crippen LogP contribution in [0.1, 0.15) is 5.56 Å². The fraction of sp³-hybridized carbons (Fsp3) is 0.0833. The standard InChI is InChI=1S/C12H13N3O2S/c13-8-10-3-5-12(6-4-10)18(16,17)15-11-2-1-7-14-9-11/h1-7,9,15H,8,13H2. The molecule has 0 aliphatic heterocycles. The lowest BCUT2D eigenvalue weighted by Gasteiger charge is -2.07. The molecule has 0 aliphatic carbocycles. The Morgan fingerprint density at radius 1 is 1.17 bits per heavy atom. The van der Waals surface area contributed by atoms with Gasteiger partial charge in [-0.3, -0.25) is 9.71 Å². The Hall–Kier alpha value is -1.92. The Morgan fingerprint density at radius 2 is 1.89 bits per heavy atom. The van der Waals surface area contributed by atoms with Gasteiger partial charge in [0.15, 0.2) is 0 Å². The van der Waals surface area contributed by atoms with Gasteiger partial charge in [-0.25, -0.2) is 8.42 Å². The normalized spacial score (nSPS) is 11.2. The number of pyridine rings is 1. The Kier molecular flexibility index (Phi) is 3.59. The van der Waals surface area contributed by atoms with E-state index in [1.807, 2.05) is 0 Å². The van der Waals surface area contributed by atoms with Gasteiger partial charge >= 0.3 is 0 Å². The number of nitrogens with one attached hydrogen (secondary N) is 1. The first-order chi connectivity index (χ1) is 8.62. The number of nitrogens with zero attached hydrogens (tertiary/aromatic N) is 1. The highest BCUT2D eigenvalue weighted by molar-refractivity contribution is 7.92. The van der Waals surface area contributed by atoms with Gasteiger partial charge in [0.1, 0.15) is 0 Å². The summed E-state index contributed by atoms with van der Waals surface area (Å²) in [6, 6.07) is 9.74. The minimum atomic E-state index is -3.57. The van der Waals surface area contributed by atoms with Crippen molar-refractivity contribution in [1.29, 1.82) is 0 Å². The summed E-state index contributed by atoms with van der Waals surface area (Å²) in [7, 11) is -3.57. The van der Waals surface area contributed by atoms with Gasteiger partial charge in [-0.1, -0.05) is 12.1 Å². The Morgan fingerprint density at radius 3 is 2.44 bits per heavy atom. The van der Waals surface area contributed by atoms with Gasteiger partial charge < -0.3 is 5.73 Å². The van der Waals surface area contributed by atoms with Gasteiger partial charge in [-0.15, -0.1) is 0 Å². The van der Waals surface area contributed by atoms with Gasteiger partial charge in [-0.05, 0) is 29.8 Å². The summed E-state index contributed by atoms with van der Waals surface area (Å²) in [5.74, 6) is 0. The van der Waals surface area contributed by atoms with Crippen LogP contribution >= 0.6 is 0 Å². The van der Waals surface area contributed by atoms with Crippen LogP contribution in [0.3, 0.4) is 0 Å². The number of benzene rings is 1. The molecule has 0 saturated carbocycles. The van der Waals surface area contributed by atoms with Crippen molar-refractivity contribution in [3.63, 3.8) is 0 Å². The predicted molar refractivity (Wildman–Crippen MR) is 69.4 cm³/mol. The van der Waals surface area contributed by atoms with Crippen LogP contribution in [0, 0.1) is 0 Å². The lowest BCUT2D eigenvalue weighted by atomic mass is 10.2. The third kappa shape index (κ3) is 2.85. The smallest absolute Gasteiger partial charge is 0.261 e. The summed E-state index contributed by atoms with van der Waals surface area (Å²) in [6.45, 7) is 0.385. The molecule has 18 heavy (non-hydrogen) atoms. The number of aromatic nitrogens is 1. The molecule has 1 aromatic heterocycles. The molecule has 0 amide bonds. The molecule has 6 heteroatoms. The fourth-order valence-electron chi connectivity index (χ4n) is 1.44. The molecule has 0 unspecified atom stereocenters. The first-order valence-electron chi connectivity index (χ1n) is 5.34. The summed E-state index contributed by atoms with van der Waals surface area (Å²) >= 11 is 0. The third-order valence-corrected chi connectivity index (χ3v) is 3.78. The Bertz CT molecular complexity index is 610. The van der Waals surface area contributed by atoms with E-state index in [1.165, 1.54) is 18.3 Å². The van der Waals surface area contributed by atoms with Crippen molar-refractivity contribution in [1.82, 2.24) is 4.98 Å². The monoisotopic (exact) mass is 263 g/mol. The highest BCUT2D eigenvalue weighted by atomic mass is 32.2. The summed E-state index contributed by atoms with van der Waals surface area (Å²) in [4.78, 5) is 4.04. The van der Waals surface area contributed by atoms with Crippen LogP contribution in [0.15, 0.2) is 53.7 Å². The molecule has 0 aliphatic rings. The van der Waals surface area contributed by atoms with E-state index in [0.717, 1.165) is 5.56 Å². The van der Waals surface area contributed by atoms with Crippen molar-refractivity contribution in [2.24, 2.45) is 5.73 Å². The second kappa shape index (κ2) is 5.16. The molecule has 0 fully saturated rings. The molecule has 2 aromatic rings. The topological polar surface area (TPSA) is 85.1 Å². The van der Waals surface area contributed by atoms with Gasteiger partial charge in [0.2, 0.25) is 0 Å². The zero-order chi connectivity index (χ0) is 13.0. The third-order valence-electron chi connectivity index (χ3n) is 2.38. The SMILES string of the molecule is NCc1ccc(S(=O)(=O)Nc2cccnc2)cc1. The van der Waals surface area contributed by atoms with Crippen LogP contribution in [0.2, 0.25) is 0 Å². The number of sulfonamides is 1. The number of nitrogens with two attached hydrogens (primary N) is 1. The predicted octanol–water partition coefficient (Wildman–Crippen LogP) is 1.34. The van der Waals surface area contributed by atoms with Crippen molar-refractivity contribution < 1.29 is 8.42 Å². The van der Waals surface area contributed by atoms with E-state index in [1.54, 1.807) is 30.5 Å². The minimum absolute atomic E-state index is 0.198. The van der Waals surface area contributed by atoms with Crippen LogP contribution in [0.4, 0.5) is 5.69 Å². The van der Waals surface area contributed by atoms with E-state index < -0.39 is 10.0 Å². The van der Waals surface area contributed by atoms with Gasteiger partial charge in [0.05, 0.1) is 16.8 Å². The molecule has 2 rings (SSSR count). The van der Waals surface area contributed by atoms with Crippen molar-refractivity contribution in [3.05, 3.63) is 54.4 Å². The molecule has 0 atom stereocenters. The summed E-state index contributed by atoms with van der Waals surface area (Å²) in [5, 5.41) is 0. The van der Waals surface area contributed by atoms with Gasteiger partial charge in [0.25, 0.3) is 10.0 Å². The highest BCUT2D eigenvalue weighted by Gasteiger charge is 2.13. The Labute approximate surface area is 106 Å². The number of rotatable bonds is 4. The first kappa shape index (κ1) is 12.5. The molecule has 1 aromatic carbocycles. The summed E-state index contributed by atoms with van der Waals surface area (Å²) in [6.07, 6.45) is 3.03. The lowest BCUT2D eigenvalue weighted by molar-refractivity contribution is 0.601. The van der Waals surface area contributed by atoms with Crippen LogP contribution in [0.5, 0.6) is 0 Å². The lowest BCUT2D eigenvalue weighted by Crippen LogP contribution is -2.13. The average Bonchev–Trinajstić information content (AvgIpc) is 2.39. The van der Waals surface area contributed by atoms with E-state index in [9.17, 15) is 8.42 Å². The van der Waals surface area contributed by atoms with Gasteiger partial charge in [0, 0.05) is 12.7 Å². The molecule has 94 valence electrons. The second-order valence-corrected chi connectivity index (χ2v) is 5.38. The molecule has 0 radical (unpaired) electrons. The molecule has 0 bridgehead atoms. The second-order valence-electron chi connectivity index (χ2n) is 3.70. The van der Waals surface area contributed by atoms with Gasteiger partial charge in [-0.2, -0.15) is 0 Å². The highest BCUT2D eigenvalue weighted by Crippen LogP contribution is 2.15. The summed E-state index contributed by atoms with van der Waals surface area (Å²) in [5.41, 5.74) is 6.77. The molecular weight excluding hydrogens is 250 g/mol. The summed E-state index contributed by atoms with van der Waals surface area (Å²) < 4.78 is 26.5. The zero-order valence-corrected chi connectivity index (χ0v) is 10.4. The zero-order valence-electron chi connectivity index (χ0n) is 9.58. The molecule has 5 nitrogen and oxygen atoms in total. The molecule has 3 N–H and O–H groups in total. The minimum Gasteiger partial charge on any atom is -0.326 e. The fourth-order valence-corrected chi connectivity index (χ4v) is 2.49. The van der Waals surface area contributed by atoms with Crippen LogP contribution in [0.25, 0.3) is 0 Å². The number of hydrogen-bond acceptors (Lipinski definition) is 4. The molecular formula is C12H13N3O2S. The largest absolute Gasteiger partial charge is 0.326 e. The molecule has 1 heterocycles. The van der Waals surface area contributed by atoms with Crippen molar-refractivity contribution in [3.8, 4) is 0 Å². The van der Waals surface area contributed by atoms with E-state index in [0.29, 0.717) is 12.2 Å². The number of anilines is 1. The van der Waals surface area contributed by atoms with E-state index in [2.05, 4.69) is 9.71 Å². The van der Waals surface area contributed by atoms with E-state index >= 15 is 0 Å². The van der Waals surface area contributed by atoms with Crippen molar-refractivity contribution in [2.45, 2.75) is 11.4 Å². The maximum absolute atomic E-state index is 12.0. The van der Waals surface area contributed by atoms with E-state index in [-0.39, 0.29) is 4.90 Å².